The summed E-state index contributed by atoms with van der Waals surface area (Å²) < 4.78 is 1.43. The maximum absolute atomic E-state index is 13.0. The summed E-state index contributed by atoms with van der Waals surface area (Å²) in [7, 11) is 0. The van der Waals surface area contributed by atoms with E-state index in [1.807, 2.05) is 30.3 Å². The van der Waals surface area contributed by atoms with Crippen molar-refractivity contribution in [2.45, 2.75) is 32.0 Å². The van der Waals surface area contributed by atoms with Crippen LogP contribution >= 0.6 is 0 Å². The normalized spacial score (nSPS) is 17.6. The highest BCUT2D eigenvalue weighted by molar-refractivity contribution is 6.05. The molecule has 4 amide bonds. The third kappa shape index (κ3) is 3.98. The Hall–Kier alpha value is -4.34. The maximum Gasteiger partial charge on any atom is 0.273 e. The molecule has 1 atom stereocenters. The predicted molar refractivity (Wildman–Crippen MR) is 115 cm³/mol. The van der Waals surface area contributed by atoms with E-state index in [1.54, 1.807) is 18.2 Å². The van der Waals surface area contributed by atoms with Gasteiger partial charge in [0.05, 0.1) is 11.9 Å². The van der Waals surface area contributed by atoms with Crippen LogP contribution in [0.3, 0.4) is 0 Å². The zero-order valence-corrected chi connectivity index (χ0v) is 17.5. The van der Waals surface area contributed by atoms with Crippen LogP contribution in [0.5, 0.6) is 0 Å². The first-order chi connectivity index (χ1) is 16.0. The molecule has 3 heterocycles. The van der Waals surface area contributed by atoms with Gasteiger partial charge in [0, 0.05) is 25.1 Å². The second-order valence-corrected chi connectivity index (χ2v) is 7.96. The lowest BCUT2D eigenvalue weighted by molar-refractivity contribution is -0.136. The molecule has 166 valence electrons. The van der Waals surface area contributed by atoms with Gasteiger partial charge in [-0.15, -0.1) is 5.10 Å². The Bertz CT molecular complexity index is 1270. The number of carbonyl (C=O) groups is 4. The average Bonchev–Trinajstić information content (AvgIpc) is 3.44. The molecule has 1 unspecified atom stereocenters. The highest BCUT2D eigenvalue weighted by atomic mass is 16.2. The molecule has 3 aromatic rings. The molecule has 2 aliphatic heterocycles. The summed E-state index contributed by atoms with van der Waals surface area (Å²) in [6, 6.07) is 14.1. The van der Waals surface area contributed by atoms with Gasteiger partial charge in [0.2, 0.25) is 11.8 Å². The second kappa shape index (κ2) is 8.30. The highest BCUT2D eigenvalue weighted by Gasteiger charge is 2.39. The minimum absolute atomic E-state index is 0.155. The molecule has 0 spiro atoms. The lowest BCUT2D eigenvalue weighted by atomic mass is 10.0. The standard InChI is InChI=1S/C23H20N6O4/c30-20-9-8-19(22(32)25-20)28-12-15-6-7-16(10-17(15)23(28)33)29-13-18(26-27-29)21(31)24-11-14-4-2-1-3-5-14/h1-7,10,13,19H,8-9,11-12H2,(H,24,31)(H,25,30,32). The molecule has 1 saturated heterocycles. The zero-order chi connectivity index (χ0) is 22.9. The molecule has 10 heteroatoms. The van der Waals surface area contributed by atoms with Gasteiger partial charge in [-0.2, -0.15) is 0 Å². The van der Waals surface area contributed by atoms with Crippen LogP contribution in [-0.2, 0) is 22.7 Å². The molecule has 2 aliphatic rings. The number of benzene rings is 2. The molecule has 2 aromatic carbocycles. The van der Waals surface area contributed by atoms with Gasteiger partial charge in [-0.05, 0) is 29.7 Å². The van der Waals surface area contributed by atoms with E-state index in [1.165, 1.54) is 15.8 Å². The number of aromatic nitrogens is 3. The molecule has 2 N–H and O–H groups in total. The number of rotatable bonds is 5. The van der Waals surface area contributed by atoms with Gasteiger partial charge in [0.1, 0.15) is 6.04 Å². The van der Waals surface area contributed by atoms with E-state index in [0.29, 0.717) is 30.8 Å². The first-order valence-corrected chi connectivity index (χ1v) is 10.5. The molecule has 0 radical (unpaired) electrons. The van der Waals surface area contributed by atoms with Gasteiger partial charge in [-0.25, -0.2) is 4.68 Å². The monoisotopic (exact) mass is 444 g/mol. The SMILES string of the molecule is O=C1CCC(N2Cc3ccc(-n4cc(C(=O)NCc5ccccc5)nn4)cc3C2=O)C(=O)N1. The fourth-order valence-corrected chi connectivity index (χ4v) is 4.05. The Labute approximate surface area is 188 Å². The molecular formula is C23H20N6O4. The maximum atomic E-state index is 13.0. The molecule has 33 heavy (non-hydrogen) atoms. The van der Waals surface area contributed by atoms with Crippen LogP contribution < -0.4 is 10.6 Å². The summed E-state index contributed by atoms with van der Waals surface area (Å²) in [4.78, 5) is 50.5. The minimum Gasteiger partial charge on any atom is -0.347 e. The lowest BCUT2D eigenvalue weighted by Gasteiger charge is -2.29. The summed E-state index contributed by atoms with van der Waals surface area (Å²) >= 11 is 0. The van der Waals surface area contributed by atoms with Crippen LogP contribution in [0, 0.1) is 0 Å². The number of piperidine rings is 1. The summed E-state index contributed by atoms with van der Waals surface area (Å²) in [5.74, 6) is -1.40. The minimum atomic E-state index is -0.669. The van der Waals surface area contributed by atoms with E-state index >= 15 is 0 Å². The van der Waals surface area contributed by atoms with Gasteiger partial charge < -0.3 is 10.2 Å². The van der Waals surface area contributed by atoms with Crippen molar-refractivity contribution in [1.29, 1.82) is 0 Å². The van der Waals surface area contributed by atoms with Crippen LogP contribution in [-0.4, -0.2) is 49.6 Å². The molecule has 1 fully saturated rings. The van der Waals surface area contributed by atoms with E-state index < -0.39 is 11.9 Å². The molecule has 0 saturated carbocycles. The Morgan fingerprint density at radius 1 is 1.12 bits per heavy atom. The third-order valence-corrected chi connectivity index (χ3v) is 5.80. The average molecular weight is 444 g/mol. The summed E-state index contributed by atoms with van der Waals surface area (Å²) in [5.41, 5.74) is 2.94. The smallest absolute Gasteiger partial charge is 0.273 e. The zero-order valence-electron chi connectivity index (χ0n) is 17.5. The Balaban J connectivity index is 1.30. The van der Waals surface area contributed by atoms with Gasteiger partial charge in [-0.1, -0.05) is 41.6 Å². The van der Waals surface area contributed by atoms with E-state index in [2.05, 4.69) is 20.9 Å². The van der Waals surface area contributed by atoms with Crippen molar-refractivity contribution in [2.75, 3.05) is 0 Å². The van der Waals surface area contributed by atoms with Crippen molar-refractivity contribution in [1.82, 2.24) is 30.5 Å². The number of hydrogen-bond acceptors (Lipinski definition) is 6. The Kier molecular flexibility index (Phi) is 5.17. The third-order valence-electron chi connectivity index (χ3n) is 5.80. The summed E-state index contributed by atoms with van der Waals surface area (Å²) in [6.45, 7) is 0.668. The summed E-state index contributed by atoms with van der Waals surface area (Å²) in [6.07, 6.45) is 2.01. The summed E-state index contributed by atoms with van der Waals surface area (Å²) in [5, 5.41) is 13.1. The number of hydrogen-bond donors (Lipinski definition) is 2. The number of nitrogens with one attached hydrogen (secondary N) is 2. The highest BCUT2D eigenvalue weighted by Crippen LogP contribution is 2.29. The first kappa shape index (κ1) is 20.6. The second-order valence-electron chi connectivity index (χ2n) is 7.96. The van der Waals surface area contributed by atoms with E-state index in [0.717, 1.165) is 11.1 Å². The predicted octanol–water partition coefficient (Wildman–Crippen LogP) is 0.958. The van der Waals surface area contributed by atoms with Crippen molar-refractivity contribution in [3.05, 3.63) is 77.1 Å². The van der Waals surface area contributed by atoms with Crippen molar-refractivity contribution < 1.29 is 19.2 Å². The van der Waals surface area contributed by atoms with Crippen molar-refractivity contribution >= 4 is 23.6 Å². The van der Waals surface area contributed by atoms with Gasteiger partial charge in [-0.3, -0.25) is 24.5 Å². The van der Waals surface area contributed by atoms with Crippen molar-refractivity contribution in [3.8, 4) is 5.69 Å². The van der Waals surface area contributed by atoms with Crippen LogP contribution in [0.25, 0.3) is 5.69 Å². The van der Waals surface area contributed by atoms with Gasteiger partial charge in [0.15, 0.2) is 5.69 Å². The van der Waals surface area contributed by atoms with E-state index in [-0.39, 0.29) is 29.8 Å². The fraction of sp³-hybridized carbons (Fsp3) is 0.217. The largest absolute Gasteiger partial charge is 0.347 e. The molecular weight excluding hydrogens is 424 g/mol. The van der Waals surface area contributed by atoms with E-state index in [9.17, 15) is 19.2 Å². The van der Waals surface area contributed by atoms with Gasteiger partial charge >= 0.3 is 0 Å². The van der Waals surface area contributed by atoms with Gasteiger partial charge in [0.25, 0.3) is 11.8 Å². The molecule has 10 nitrogen and oxygen atoms in total. The van der Waals surface area contributed by atoms with Crippen LogP contribution in [0.15, 0.2) is 54.7 Å². The quantitative estimate of drug-likeness (QED) is 0.565. The number of nitrogens with zero attached hydrogens (tertiary/aromatic N) is 4. The topological polar surface area (TPSA) is 126 Å². The number of imide groups is 1. The molecule has 5 rings (SSSR count). The Morgan fingerprint density at radius 3 is 2.73 bits per heavy atom. The molecule has 0 aliphatic carbocycles. The lowest BCUT2D eigenvalue weighted by Crippen LogP contribution is -2.52. The fourth-order valence-electron chi connectivity index (χ4n) is 4.05. The van der Waals surface area contributed by atoms with Crippen molar-refractivity contribution in [2.24, 2.45) is 0 Å². The van der Waals surface area contributed by atoms with E-state index in [4.69, 9.17) is 0 Å². The first-order valence-electron chi connectivity index (χ1n) is 10.5. The molecule has 0 bridgehead atoms. The Morgan fingerprint density at radius 2 is 1.94 bits per heavy atom. The van der Waals surface area contributed by atoms with Crippen LogP contribution in [0.4, 0.5) is 0 Å². The van der Waals surface area contributed by atoms with Crippen molar-refractivity contribution in [3.63, 3.8) is 0 Å². The van der Waals surface area contributed by atoms with Crippen LogP contribution in [0.1, 0.15) is 44.8 Å². The number of fused-ring (bicyclic) bond motifs is 1. The van der Waals surface area contributed by atoms with Crippen LogP contribution in [0.2, 0.25) is 0 Å². The number of carbonyl (C=O) groups excluding carboxylic acids is 4. The number of amides is 4. The molecule has 1 aromatic heterocycles.